The maximum atomic E-state index is 13.1. The molecule has 0 saturated carbocycles. The number of nitrogens with zero attached hydrogens (tertiary/aromatic N) is 5. The van der Waals surface area contributed by atoms with Crippen LogP contribution in [0.25, 0.3) is 27.7 Å². The van der Waals surface area contributed by atoms with Crippen molar-refractivity contribution in [1.82, 2.24) is 29.6 Å². The molecule has 4 rings (SSSR count). The summed E-state index contributed by atoms with van der Waals surface area (Å²) in [5, 5.41) is 6.91. The summed E-state index contributed by atoms with van der Waals surface area (Å²) >= 11 is 0. The van der Waals surface area contributed by atoms with Crippen molar-refractivity contribution in [1.29, 1.82) is 0 Å². The smallest absolute Gasteiger partial charge is 0.257 e. The van der Waals surface area contributed by atoms with Crippen molar-refractivity contribution in [3.63, 3.8) is 0 Å². The Morgan fingerprint density at radius 3 is 2.81 bits per heavy atom. The fourth-order valence-corrected chi connectivity index (χ4v) is 3.29. The average Bonchev–Trinajstić information content (AvgIpc) is 3.05. The number of amides is 1. The van der Waals surface area contributed by atoms with Gasteiger partial charge in [-0.1, -0.05) is 12.1 Å². The summed E-state index contributed by atoms with van der Waals surface area (Å²) in [7, 11) is 5.73. The number of nitrogens with one attached hydrogen (secondary N) is 2. The van der Waals surface area contributed by atoms with Crippen LogP contribution in [0.4, 0.5) is 5.69 Å². The van der Waals surface area contributed by atoms with Gasteiger partial charge in [0.25, 0.3) is 5.91 Å². The molecule has 2 N–H and O–H groups in total. The molecule has 8 heteroatoms. The minimum atomic E-state index is -0.174. The number of fused-ring (bicyclic) bond motifs is 5. The molecule has 3 heterocycles. The van der Waals surface area contributed by atoms with Crippen LogP contribution in [-0.4, -0.2) is 64.4 Å². The zero-order chi connectivity index (χ0) is 19.0. The molecule has 138 valence electrons. The zero-order valence-corrected chi connectivity index (χ0v) is 15.5. The van der Waals surface area contributed by atoms with E-state index in [4.69, 9.17) is 4.98 Å². The Morgan fingerprint density at radius 1 is 1.22 bits per heavy atom. The minimum Gasteiger partial charge on any atom is -0.387 e. The minimum absolute atomic E-state index is 0.174. The SMILES string of the molecule is CNc1c(C(=O)NCCN(C)C)c2nc3ccccc3n2c2ncncc12. The summed E-state index contributed by atoms with van der Waals surface area (Å²) < 4.78 is 1.92. The van der Waals surface area contributed by atoms with Crippen LogP contribution in [0, 0.1) is 0 Å². The summed E-state index contributed by atoms with van der Waals surface area (Å²) in [6.07, 6.45) is 3.23. The molecule has 0 fully saturated rings. The lowest BCUT2D eigenvalue weighted by Crippen LogP contribution is -2.32. The van der Waals surface area contributed by atoms with E-state index < -0.39 is 0 Å². The molecule has 8 nitrogen and oxygen atoms in total. The number of anilines is 1. The average molecular weight is 363 g/mol. The van der Waals surface area contributed by atoms with E-state index in [1.807, 2.05) is 47.7 Å². The van der Waals surface area contributed by atoms with Crippen LogP contribution in [0.2, 0.25) is 0 Å². The molecular weight excluding hydrogens is 342 g/mol. The van der Waals surface area contributed by atoms with E-state index in [0.29, 0.717) is 29.1 Å². The second-order valence-corrected chi connectivity index (χ2v) is 6.58. The van der Waals surface area contributed by atoms with Crippen molar-refractivity contribution in [3.05, 3.63) is 42.4 Å². The molecular formula is C19H21N7O. The van der Waals surface area contributed by atoms with E-state index in [-0.39, 0.29) is 5.91 Å². The van der Waals surface area contributed by atoms with Crippen LogP contribution < -0.4 is 10.6 Å². The van der Waals surface area contributed by atoms with Crippen molar-refractivity contribution in [3.8, 4) is 0 Å². The number of carbonyl (C=O) groups excluding carboxylic acids is 1. The topological polar surface area (TPSA) is 87.5 Å². The number of rotatable bonds is 5. The lowest BCUT2D eigenvalue weighted by atomic mass is 10.1. The van der Waals surface area contributed by atoms with Gasteiger partial charge in [0.1, 0.15) is 11.9 Å². The highest BCUT2D eigenvalue weighted by Crippen LogP contribution is 2.32. The number of aromatic nitrogens is 4. The van der Waals surface area contributed by atoms with Crippen molar-refractivity contribution in [2.24, 2.45) is 0 Å². The molecule has 1 aromatic carbocycles. The molecule has 0 spiro atoms. The highest BCUT2D eigenvalue weighted by atomic mass is 16.1. The number of benzene rings is 1. The summed E-state index contributed by atoms with van der Waals surface area (Å²) in [6, 6.07) is 7.79. The van der Waals surface area contributed by atoms with E-state index in [1.54, 1.807) is 13.2 Å². The molecule has 1 amide bonds. The predicted molar refractivity (Wildman–Crippen MR) is 106 cm³/mol. The molecule has 0 radical (unpaired) electrons. The molecule has 27 heavy (non-hydrogen) atoms. The first-order valence-corrected chi connectivity index (χ1v) is 8.75. The lowest BCUT2D eigenvalue weighted by molar-refractivity contribution is 0.0953. The number of hydrogen-bond donors (Lipinski definition) is 2. The number of likely N-dealkylation sites (N-methyl/N-ethyl adjacent to an activating group) is 1. The maximum absolute atomic E-state index is 13.1. The second kappa shape index (κ2) is 6.81. The molecule has 0 saturated heterocycles. The first-order chi connectivity index (χ1) is 13.1. The molecule has 0 aliphatic rings. The van der Waals surface area contributed by atoms with Crippen molar-refractivity contribution >= 4 is 39.3 Å². The van der Waals surface area contributed by atoms with Gasteiger partial charge < -0.3 is 15.5 Å². The third-order valence-corrected chi connectivity index (χ3v) is 4.53. The Kier molecular flexibility index (Phi) is 4.33. The summed E-state index contributed by atoms with van der Waals surface area (Å²) in [4.78, 5) is 28.4. The van der Waals surface area contributed by atoms with Gasteiger partial charge in [-0.05, 0) is 26.2 Å². The summed E-state index contributed by atoms with van der Waals surface area (Å²) in [5.74, 6) is -0.174. The van der Waals surface area contributed by atoms with Gasteiger partial charge in [0.05, 0.1) is 22.1 Å². The van der Waals surface area contributed by atoms with Crippen LogP contribution in [0.3, 0.4) is 0 Å². The number of pyridine rings is 1. The van der Waals surface area contributed by atoms with Gasteiger partial charge in [-0.25, -0.2) is 15.0 Å². The van der Waals surface area contributed by atoms with Crippen molar-refractivity contribution in [2.75, 3.05) is 39.5 Å². The van der Waals surface area contributed by atoms with Crippen LogP contribution in [0.1, 0.15) is 10.4 Å². The fraction of sp³-hybridized carbons (Fsp3) is 0.263. The number of para-hydroxylation sites is 2. The van der Waals surface area contributed by atoms with Gasteiger partial charge >= 0.3 is 0 Å². The summed E-state index contributed by atoms with van der Waals surface area (Å²) in [6.45, 7) is 1.30. The Balaban J connectivity index is 2.01. The molecule has 4 aromatic rings. The lowest BCUT2D eigenvalue weighted by Gasteiger charge is -2.15. The molecule has 0 bridgehead atoms. The predicted octanol–water partition coefficient (Wildman–Crippen LogP) is 1.76. The van der Waals surface area contributed by atoms with Gasteiger partial charge in [0.2, 0.25) is 0 Å². The van der Waals surface area contributed by atoms with Crippen LogP contribution in [0.5, 0.6) is 0 Å². The Morgan fingerprint density at radius 2 is 2.04 bits per heavy atom. The monoisotopic (exact) mass is 363 g/mol. The van der Waals surface area contributed by atoms with E-state index in [0.717, 1.165) is 23.0 Å². The summed E-state index contributed by atoms with van der Waals surface area (Å²) in [5.41, 5.74) is 4.18. The number of carbonyl (C=O) groups is 1. The fourth-order valence-electron chi connectivity index (χ4n) is 3.29. The molecule has 3 aromatic heterocycles. The molecule has 0 aliphatic carbocycles. The first kappa shape index (κ1) is 17.2. The van der Waals surface area contributed by atoms with Crippen LogP contribution in [0.15, 0.2) is 36.8 Å². The third kappa shape index (κ3) is 2.83. The van der Waals surface area contributed by atoms with E-state index >= 15 is 0 Å². The first-order valence-electron chi connectivity index (χ1n) is 8.75. The molecule has 0 unspecified atom stereocenters. The van der Waals surface area contributed by atoms with Crippen LogP contribution >= 0.6 is 0 Å². The standard InChI is InChI=1S/C19H21N7O/c1-20-16-12-10-21-11-23-17(12)26-14-7-5-4-6-13(14)24-18(26)15(16)19(27)22-8-9-25(2)3/h4-7,10-11,20H,8-9H2,1-3H3,(H,22,27). The Labute approximate surface area is 156 Å². The third-order valence-electron chi connectivity index (χ3n) is 4.53. The maximum Gasteiger partial charge on any atom is 0.257 e. The van der Waals surface area contributed by atoms with E-state index in [1.165, 1.54) is 6.33 Å². The van der Waals surface area contributed by atoms with Gasteiger partial charge in [-0.2, -0.15) is 0 Å². The highest BCUT2D eigenvalue weighted by molar-refractivity contribution is 6.13. The number of hydrogen-bond acceptors (Lipinski definition) is 6. The largest absolute Gasteiger partial charge is 0.387 e. The van der Waals surface area contributed by atoms with Crippen LogP contribution in [-0.2, 0) is 0 Å². The van der Waals surface area contributed by atoms with E-state index in [9.17, 15) is 4.79 Å². The quantitative estimate of drug-likeness (QED) is 0.562. The van der Waals surface area contributed by atoms with Gasteiger partial charge in [-0.15, -0.1) is 0 Å². The highest BCUT2D eigenvalue weighted by Gasteiger charge is 2.23. The zero-order valence-electron chi connectivity index (χ0n) is 15.5. The Hall–Kier alpha value is -3.26. The van der Waals surface area contributed by atoms with Gasteiger partial charge in [0.15, 0.2) is 11.3 Å². The molecule has 0 atom stereocenters. The normalized spacial score (nSPS) is 11.6. The van der Waals surface area contributed by atoms with Crippen molar-refractivity contribution < 1.29 is 4.79 Å². The van der Waals surface area contributed by atoms with Gasteiger partial charge in [0, 0.05) is 26.3 Å². The van der Waals surface area contributed by atoms with Gasteiger partial charge in [-0.3, -0.25) is 9.20 Å². The molecule has 0 aliphatic heterocycles. The Bertz CT molecular complexity index is 1150. The van der Waals surface area contributed by atoms with Crippen molar-refractivity contribution in [2.45, 2.75) is 0 Å². The second-order valence-electron chi connectivity index (χ2n) is 6.58. The van der Waals surface area contributed by atoms with E-state index in [2.05, 4.69) is 20.6 Å². The number of imidazole rings is 1.